The third kappa shape index (κ3) is 2.89. The van der Waals surface area contributed by atoms with Gasteiger partial charge < -0.3 is 0 Å². The molecular weight excluding hydrogens is 315 g/mol. The van der Waals surface area contributed by atoms with Crippen LogP contribution in [0.1, 0.15) is 22.3 Å². The molecule has 0 spiro atoms. The number of hydrogen-bond donors (Lipinski definition) is 0. The number of halogens is 3. The average molecular weight is 324 g/mol. The zero-order valence-corrected chi connectivity index (χ0v) is 10.6. The third-order valence-corrected chi connectivity index (χ3v) is 2.83. The highest BCUT2D eigenvalue weighted by atomic mass is 79.9. The molecule has 0 aromatic heterocycles. The number of carbonyl (C=O) groups is 1. The van der Waals surface area contributed by atoms with E-state index in [9.17, 15) is 9.18 Å². The minimum atomic E-state index is -0.280. The highest BCUT2D eigenvalue weighted by Gasteiger charge is 2.08. The lowest BCUT2D eigenvalue weighted by atomic mass is 10.1. The zero-order valence-electron chi connectivity index (χ0n) is 7.40. The first kappa shape index (κ1) is 11.9. The zero-order chi connectivity index (χ0) is 10.6. The van der Waals surface area contributed by atoms with E-state index < -0.39 is 0 Å². The third-order valence-electron chi connectivity index (χ3n) is 1.83. The number of rotatable bonds is 4. The van der Waals surface area contributed by atoms with Crippen LogP contribution in [-0.2, 0) is 5.33 Å². The lowest BCUT2D eigenvalue weighted by Crippen LogP contribution is -2.01. The molecule has 0 aliphatic carbocycles. The topological polar surface area (TPSA) is 17.1 Å². The monoisotopic (exact) mass is 322 g/mol. The fourth-order valence-corrected chi connectivity index (χ4v) is 1.87. The molecule has 0 fully saturated rings. The summed E-state index contributed by atoms with van der Waals surface area (Å²) in [6, 6.07) is 4.44. The maximum atomic E-state index is 13.1. The molecule has 1 aromatic rings. The molecule has 4 heteroatoms. The highest BCUT2D eigenvalue weighted by Crippen LogP contribution is 2.15. The summed E-state index contributed by atoms with van der Waals surface area (Å²) in [7, 11) is 0. The number of alkyl halides is 2. The van der Waals surface area contributed by atoms with Gasteiger partial charge >= 0.3 is 0 Å². The van der Waals surface area contributed by atoms with Crippen LogP contribution in [0, 0.1) is 5.82 Å². The number of hydrogen-bond acceptors (Lipinski definition) is 1. The summed E-state index contributed by atoms with van der Waals surface area (Å²) in [4.78, 5) is 11.5. The molecule has 0 aliphatic heterocycles. The lowest BCUT2D eigenvalue weighted by Gasteiger charge is -2.02. The SMILES string of the molecule is O=C(CCBr)c1ccc(F)c(CBr)c1. The Kier molecular flexibility index (Phi) is 4.75. The summed E-state index contributed by atoms with van der Waals surface area (Å²) >= 11 is 6.36. The molecule has 0 unspecified atom stereocenters. The molecule has 0 amide bonds. The molecule has 0 radical (unpaired) electrons. The first-order chi connectivity index (χ1) is 6.69. The summed E-state index contributed by atoms with van der Waals surface area (Å²) in [6.45, 7) is 0. The van der Waals surface area contributed by atoms with Crippen LogP contribution in [0.5, 0.6) is 0 Å². The van der Waals surface area contributed by atoms with Gasteiger partial charge in [-0.15, -0.1) is 0 Å². The van der Waals surface area contributed by atoms with Gasteiger partial charge in [-0.3, -0.25) is 4.79 Å². The van der Waals surface area contributed by atoms with Gasteiger partial charge in [0.2, 0.25) is 0 Å². The molecule has 0 atom stereocenters. The smallest absolute Gasteiger partial charge is 0.163 e. The number of ketones is 1. The first-order valence-corrected chi connectivity index (χ1v) is 6.37. The Morgan fingerprint density at radius 3 is 2.64 bits per heavy atom. The second-order valence-corrected chi connectivity index (χ2v) is 4.16. The lowest BCUT2D eigenvalue weighted by molar-refractivity contribution is 0.0989. The van der Waals surface area contributed by atoms with E-state index >= 15 is 0 Å². The van der Waals surface area contributed by atoms with E-state index in [0.717, 1.165) is 0 Å². The highest BCUT2D eigenvalue weighted by molar-refractivity contribution is 9.09. The predicted molar refractivity (Wildman–Crippen MR) is 61.8 cm³/mol. The Bertz CT molecular complexity index is 339. The van der Waals surface area contributed by atoms with Gasteiger partial charge in [0.15, 0.2) is 5.78 Å². The van der Waals surface area contributed by atoms with Crippen molar-refractivity contribution in [2.75, 3.05) is 5.33 Å². The van der Waals surface area contributed by atoms with Crippen molar-refractivity contribution >= 4 is 37.6 Å². The van der Waals surface area contributed by atoms with E-state index in [2.05, 4.69) is 31.9 Å². The second kappa shape index (κ2) is 5.61. The van der Waals surface area contributed by atoms with Crippen molar-refractivity contribution in [2.24, 2.45) is 0 Å². The van der Waals surface area contributed by atoms with Gasteiger partial charge in [-0.1, -0.05) is 31.9 Å². The van der Waals surface area contributed by atoms with Gasteiger partial charge in [-0.05, 0) is 23.8 Å². The van der Waals surface area contributed by atoms with E-state index in [-0.39, 0.29) is 11.6 Å². The summed E-state index contributed by atoms with van der Waals surface area (Å²) in [5, 5.41) is 1.06. The number of benzene rings is 1. The molecule has 0 saturated carbocycles. The van der Waals surface area contributed by atoms with E-state index in [1.807, 2.05) is 0 Å². The van der Waals surface area contributed by atoms with Gasteiger partial charge in [0.25, 0.3) is 0 Å². The van der Waals surface area contributed by atoms with Crippen LogP contribution in [0.2, 0.25) is 0 Å². The largest absolute Gasteiger partial charge is 0.294 e. The molecule has 0 aliphatic rings. The standard InChI is InChI=1S/C10H9Br2FO/c11-4-3-10(14)7-1-2-9(13)8(5-7)6-12/h1-2,5H,3-4,6H2. The Balaban J connectivity index is 2.94. The maximum Gasteiger partial charge on any atom is 0.163 e. The summed E-state index contributed by atoms with van der Waals surface area (Å²) < 4.78 is 13.1. The van der Waals surface area contributed by atoms with Crippen LogP contribution in [0.4, 0.5) is 4.39 Å². The van der Waals surface area contributed by atoms with Crippen LogP contribution in [0.25, 0.3) is 0 Å². The Hall–Kier alpha value is -0.220. The van der Waals surface area contributed by atoms with Crippen LogP contribution in [0.15, 0.2) is 18.2 Å². The number of carbonyl (C=O) groups excluding carboxylic acids is 1. The molecular formula is C10H9Br2FO. The van der Waals surface area contributed by atoms with E-state index in [1.54, 1.807) is 6.07 Å². The van der Waals surface area contributed by atoms with Crippen LogP contribution in [0.3, 0.4) is 0 Å². The first-order valence-electron chi connectivity index (χ1n) is 4.12. The van der Waals surface area contributed by atoms with Gasteiger partial charge in [-0.25, -0.2) is 4.39 Å². The second-order valence-electron chi connectivity index (χ2n) is 2.80. The van der Waals surface area contributed by atoms with Crippen molar-refractivity contribution in [1.29, 1.82) is 0 Å². The van der Waals surface area contributed by atoms with Crippen LogP contribution < -0.4 is 0 Å². The minimum Gasteiger partial charge on any atom is -0.294 e. The van der Waals surface area contributed by atoms with Gasteiger partial charge in [0.05, 0.1) is 0 Å². The van der Waals surface area contributed by atoms with Crippen molar-refractivity contribution in [3.8, 4) is 0 Å². The normalized spacial score (nSPS) is 10.2. The van der Waals surface area contributed by atoms with Gasteiger partial charge in [0.1, 0.15) is 5.82 Å². The predicted octanol–water partition coefficient (Wildman–Crippen LogP) is 3.69. The van der Waals surface area contributed by atoms with Gasteiger partial charge in [0, 0.05) is 22.6 Å². The molecule has 14 heavy (non-hydrogen) atoms. The van der Waals surface area contributed by atoms with E-state index in [0.29, 0.717) is 28.2 Å². The molecule has 0 bridgehead atoms. The average Bonchev–Trinajstić information content (AvgIpc) is 2.19. The van der Waals surface area contributed by atoms with Gasteiger partial charge in [-0.2, -0.15) is 0 Å². The van der Waals surface area contributed by atoms with Crippen molar-refractivity contribution in [3.05, 3.63) is 35.1 Å². The quantitative estimate of drug-likeness (QED) is 0.610. The maximum absolute atomic E-state index is 13.1. The van der Waals surface area contributed by atoms with Crippen molar-refractivity contribution in [2.45, 2.75) is 11.8 Å². The van der Waals surface area contributed by atoms with Crippen molar-refractivity contribution < 1.29 is 9.18 Å². The fourth-order valence-electron chi connectivity index (χ4n) is 1.08. The fraction of sp³-hybridized carbons (Fsp3) is 0.300. The van der Waals surface area contributed by atoms with Crippen molar-refractivity contribution in [1.82, 2.24) is 0 Å². The molecule has 76 valence electrons. The Morgan fingerprint density at radius 2 is 2.07 bits per heavy atom. The number of Topliss-reactive ketones (excluding diaryl/α,β-unsaturated/α-hetero) is 1. The van der Waals surface area contributed by atoms with E-state index in [1.165, 1.54) is 12.1 Å². The Labute approximate surface area is 99.0 Å². The van der Waals surface area contributed by atoms with Crippen LogP contribution in [-0.4, -0.2) is 11.1 Å². The summed E-state index contributed by atoms with van der Waals surface area (Å²) in [5.41, 5.74) is 1.09. The molecule has 1 aromatic carbocycles. The summed E-state index contributed by atoms with van der Waals surface area (Å²) in [6.07, 6.45) is 0.438. The van der Waals surface area contributed by atoms with Crippen molar-refractivity contribution in [3.63, 3.8) is 0 Å². The molecule has 1 nitrogen and oxygen atoms in total. The minimum absolute atomic E-state index is 0.0316. The molecule has 0 saturated heterocycles. The Morgan fingerprint density at radius 1 is 1.36 bits per heavy atom. The summed E-state index contributed by atoms with van der Waals surface area (Å²) in [5.74, 6) is -0.249. The molecule has 0 heterocycles. The van der Waals surface area contributed by atoms with Crippen LogP contribution >= 0.6 is 31.9 Å². The van der Waals surface area contributed by atoms with E-state index in [4.69, 9.17) is 0 Å². The molecule has 0 N–H and O–H groups in total. The molecule has 1 rings (SSSR count).